The zero-order valence-electron chi connectivity index (χ0n) is 15.3. The number of ether oxygens (including phenoxy) is 1. The lowest BCUT2D eigenvalue weighted by atomic mass is 10.1. The van der Waals surface area contributed by atoms with E-state index in [0.717, 1.165) is 24.8 Å². The van der Waals surface area contributed by atoms with Crippen LogP contribution in [0.3, 0.4) is 0 Å². The van der Waals surface area contributed by atoms with Crippen LogP contribution in [0, 0.1) is 11.7 Å². The summed E-state index contributed by atoms with van der Waals surface area (Å²) in [6.07, 6.45) is 2.64. The van der Waals surface area contributed by atoms with Gasteiger partial charge in [-0.1, -0.05) is 12.1 Å². The number of nitrogens with zero attached hydrogens (tertiary/aromatic N) is 1. The van der Waals surface area contributed by atoms with E-state index in [1.165, 1.54) is 12.1 Å². The normalized spacial score (nSPS) is 14.8. The fourth-order valence-corrected chi connectivity index (χ4v) is 2.56. The summed E-state index contributed by atoms with van der Waals surface area (Å²) in [7, 11) is 1.71. The van der Waals surface area contributed by atoms with E-state index in [2.05, 4.69) is 20.9 Å². The molecule has 8 heteroatoms. The maximum atomic E-state index is 12.9. The van der Waals surface area contributed by atoms with Crippen molar-refractivity contribution in [2.75, 3.05) is 26.7 Å². The minimum Gasteiger partial charge on any atom is -0.450 e. The largest absolute Gasteiger partial charge is 0.450 e. The zero-order valence-corrected chi connectivity index (χ0v) is 17.6. The molecule has 1 aromatic carbocycles. The topological polar surface area (TPSA) is 74.8 Å². The molecule has 146 valence electrons. The smallest absolute Gasteiger partial charge is 0.407 e. The van der Waals surface area contributed by atoms with Gasteiger partial charge in [0, 0.05) is 20.1 Å². The second-order valence-electron chi connectivity index (χ2n) is 6.07. The highest BCUT2D eigenvalue weighted by Crippen LogP contribution is 2.32. The van der Waals surface area contributed by atoms with Crippen LogP contribution in [-0.4, -0.2) is 44.8 Å². The van der Waals surface area contributed by atoms with Gasteiger partial charge in [0.1, 0.15) is 5.82 Å². The van der Waals surface area contributed by atoms with Crippen LogP contribution in [0.2, 0.25) is 0 Å². The van der Waals surface area contributed by atoms with E-state index < -0.39 is 0 Å². The summed E-state index contributed by atoms with van der Waals surface area (Å²) in [5, 5.41) is 9.37. The predicted octanol–water partition coefficient (Wildman–Crippen LogP) is 2.68. The first-order valence-corrected chi connectivity index (χ1v) is 8.74. The molecular formula is C18H28FIN4O2. The summed E-state index contributed by atoms with van der Waals surface area (Å²) in [4.78, 5) is 15.8. The van der Waals surface area contributed by atoms with Gasteiger partial charge in [-0.3, -0.25) is 4.99 Å². The van der Waals surface area contributed by atoms with Gasteiger partial charge in [-0.25, -0.2) is 9.18 Å². The maximum absolute atomic E-state index is 12.9. The Morgan fingerprint density at radius 2 is 2.00 bits per heavy atom. The Labute approximate surface area is 171 Å². The van der Waals surface area contributed by atoms with Crippen LogP contribution < -0.4 is 16.0 Å². The first-order chi connectivity index (χ1) is 12.1. The van der Waals surface area contributed by atoms with E-state index in [1.807, 2.05) is 0 Å². The summed E-state index contributed by atoms with van der Waals surface area (Å²) in [5.74, 6) is 0.946. The number of nitrogens with one attached hydrogen (secondary N) is 3. The van der Waals surface area contributed by atoms with Gasteiger partial charge in [0.25, 0.3) is 0 Å². The third-order valence-electron chi connectivity index (χ3n) is 4.10. The standard InChI is InChI=1S/C18H27FN4O2.HI/c1-3-25-18(24)23-16(14-6-7-14)12-22-17(20-2)21-11-10-13-4-8-15(19)9-5-13;/h4-5,8-9,14,16H,3,6-7,10-12H2,1-2H3,(H,23,24)(H2,20,21,22);1H. The molecule has 1 aromatic rings. The SMILES string of the molecule is CCOC(=O)NC(CNC(=NC)NCCc1ccc(F)cc1)C1CC1.I. The molecule has 3 N–H and O–H groups in total. The van der Waals surface area contributed by atoms with Crippen LogP contribution in [0.25, 0.3) is 0 Å². The average Bonchev–Trinajstić information content (AvgIpc) is 3.43. The Kier molecular flexibility index (Phi) is 10.3. The van der Waals surface area contributed by atoms with Gasteiger partial charge in [-0.2, -0.15) is 0 Å². The fourth-order valence-electron chi connectivity index (χ4n) is 2.56. The molecule has 2 rings (SSSR count). The average molecular weight is 478 g/mol. The lowest BCUT2D eigenvalue weighted by molar-refractivity contribution is 0.146. The highest BCUT2D eigenvalue weighted by molar-refractivity contribution is 14.0. The first kappa shape index (κ1) is 22.5. The number of benzene rings is 1. The molecule has 0 aromatic heterocycles. The van der Waals surface area contributed by atoms with Gasteiger partial charge >= 0.3 is 6.09 Å². The minimum atomic E-state index is -0.375. The highest BCUT2D eigenvalue weighted by atomic mass is 127. The molecule has 1 fully saturated rings. The van der Waals surface area contributed by atoms with E-state index in [-0.39, 0.29) is 41.9 Å². The maximum Gasteiger partial charge on any atom is 0.407 e. The number of aliphatic imine (C=N–C) groups is 1. The number of halogens is 2. The van der Waals surface area contributed by atoms with E-state index >= 15 is 0 Å². The van der Waals surface area contributed by atoms with Crippen LogP contribution in [0.15, 0.2) is 29.3 Å². The van der Waals surface area contributed by atoms with Crippen molar-refractivity contribution in [2.24, 2.45) is 10.9 Å². The molecule has 1 atom stereocenters. The summed E-state index contributed by atoms with van der Waals surface area (Å²) in [5.41, 5.74) is 1.06. The van der Waals surface area contributed by atoms with Crippen molar-refractivity contribution in [3.63, 3.8) is 0 Å². The van der Waals surface area contributed by atoms with Crippen molar-refractivity contribution in [2.45, 2.75) is 32.2 Å². The summed E-state index contributed by atoms with van der Waals surface area (Å²) in [6.45, 7) is 3.44. The predicted molar refractivity (Wildman–Crippen MR) is 112 cm³/mol. The molecule has 1 aliphatic carbocycles. The van der Waals surface area contributed by atoms with Crippen LogP contribution in [0.5, 0.6) is 0 Å². The highest BCUT2D eigenvalue weighted by Gasteiger charge is 2.32. The Balaban J connectivity index is 0.00000338. The molecule has 1 unspecified atom stereocenters. The van der Waals surface area contributed by atoms with Crippen LogP contribution in [0.4, 0.5) is 9.18 Å². The zero-order chi connectivity index (χ0) is 18.1. The molecule has 1 aliphatic rings. The van der Waals surface area contributed by atoms with Crippen molar-refractivity contribution >= 4 is 36.0 Å². The fraction of sp³-hybridized carbons (Fsp3) is 0.556. The molecule has 1 amide bonds. The van der Waals surface area contributed by atoms with Crippen LogP contribution in [-0.2, 0) is 11.2 Å². The molecule has 26 heavy (non-hydrogen) atoms. The summed E-state index contributed by atoms with van der Waals surface area (Å²) >= 11 is 0. The third-order valence-corrected chi connectivity index (χ3v) is 4.10. The minimum absolute atomic E-state index is 0. The molecule has 0 saturated heterocycles. The number of guanidine groups is 1. The monoisotopic (exact) mass is 478 g/mol. The number of hydrogen-bond acceptors (Lipinski definition) is 3. The Hall–Kier alpha value is -1.58. The van der Waals surface area contributed by atoms with Gasteiger partial charge < -0.3 is 20.7 Å². The molecule has 0 radical (unpaired) electrons. The quantitative estimate of drug-likeness (QED) is 0.305. The van der Waals surface area contributed by atoms with E-state index in [4.69, 9.17) is 4.74 Å². The number of carbonyl (C=O) groups is 1. The summed E-state index contributed by atoms with van der Waals surface area (Å²) in [6, 6.07) is 6.52. The van der Waals surface area contributed by atoms with Gasteiger partial charge in [0.2, 0.25) is 0 Å². The first-order valence-electron chi connectivity index (χ1n) is 8.74. The Morgan fingerprint density at radius 1 is 1.31 bits per heavy atom. The van der Waals surface area contributed by atoms with Gasteiger partial charge in [-0.05, 0) is 49.8 Å². The molecule has 6 nitrogen and oxygen atoms in total. The van der Waals surface area contributed by atoms with Gasteiger partial charge in [0.05, 0.1) is 12.6 Å². The van der Waals surface area contributed by atoms with Gasteiger partial charge in [-0.15, -0.1) is 24.0 Å². The number of hydrogen-bond donors (Lipinski definition) is 3. The third kappa shape index (κ3) is 8.20. The summed E-state index contributed by atoms with van der Waals surface area (Å²) < 4.78 is 17.8. The van der Waals surface area contributed by atoms with E-state index in [1.54, 1.807) is 26.1 Å². The molecule has 0 bridgehead atoms. The number of alkyl carbamates (subject to hydrolysis) is 1. The number of carbonyl (C=O) groups excluding carboxylic acids is 1. The Bertz CT molecular complexity index is 579. The molecule has 0 aliphatic heterocycles. The molecule has 0 heterocycles. The van der Waals surface area contributed by atoms with Crippen molar-refractivity contribution in [1.29, 1.82) is 0 Å². The van der Waals surface area contributed by atoms with Crippen molar-refractivity contribution in [3.05, 3.63) is 35.6 Å². The molecule has 0 spiro atoms. The van der Waals surface area contributed by atoms with E-state index in [9.17, 15) is 9.18 Å². The van der Waals surface area contributed by atoms with E-state index in [0.29, 0.717) is 31.6 Å². The number of rotatable bonds is 8. The van der Waals surface area contributed by atoms with Crippen molar-refractivity contribution < 1.29 is 13.9 Å². The van der Waals surface area contributed by atoms with Crippen molar-refractivity contribution in [1.82, 2.24) is 16.0 Å². The van der Waals surface area contributed by atoms with Crippen molar-refractivity contribution in [3.8, 4) is 0 Å². The number of amides is 1. The van der Waals surface area contributed by atoms with Crippen LogP contribution >= 0.6 is 24.0 Å². The second-order valence-corrected chi connectivity index (χ2v) is 6.07. The van der Waals surface area contributed by atoms with Crippen LogP contribution in [0.1, 0.15) is 25.3 Å². The second kappa shape index (κ2) is 11.9. The Morgan fingerprint density at radius 3 is 2.58 bits per heavy atom. The molecular weight excluding hydrogens is 450 g/mol. The van der Waals surface area contributed by atoms with Gasteiger partial charge in [0.15, 0.2) is 5.96 Å². The lowest BCUT2D eigenvalue weighted by Gasteiger charge is -2.20. The molecule has 1 saturated carbocycles. The lowest BCUT2D eigenvalue weighted by Crippen LogP contribution is -2.48.